The van der Waals surface area contributed by atoms with E-state index in [9.17, 15) is 13.2 Å². The van der Waals surface area contributed by atoms with Crippen LogP contribution in [-0.4, -0.2) is 22.2 Å². The molecule has 94 valence electrons. The van der Waals surface area contributed by atoms with E-state index in [4.69, 9.17) is 18.0 Å². The van der Waals surface area contributed by atoms with E-state index in [-0.39, 0.29) is 4.99 Å². The number of nitrogens with two attached hydrogens (primary N) is 1. The van der Waals surface area contributed by atoms with Crippen molar-refractivity contribution in [1.82, 2.24) is 4.98 Å². The first-order valence-corrected chi connectivity index (χ1v) is 5.27. The fourth-order valence-electron chi connectivity index (χ4n) is 1.39. The van der Waals surface area contributed by atoms with Crippen molar-refractivity contribution in [3.8, 4) is 0 Å². The first-order valence-electron chi connectivity index (χ1n) is 4.86. The predicted molar refractivity (Wildman–Crippen MR) is 63.9 cm³/mol. The number of aromatic nitrogens is 1. The predicted octanol–water partition coefficient (Wildman–Crippen LogP) is 2.47. The van der Waals surface area contributed by atoms with Gasteiger partial charge >= 0.3 is 6.18 Å². The van der Waals surface area contributed by atoms with Crippen LogP contribution in [0.25, 0.3) is 0 Å². The molecule has 1 heterocycles. The van der Waals surface area contributed by atoms with Crippen LogP contribution in [0.4, 0.5) is 18.9 Å². The number of rotatable bonds is 4. The Morgan fingerprint density at radius 1 is 1.59 bits per heavy atom. The third kappa shape index (κ3) is 4.56. The van der Waals surface area contributed by atoms with Gasteiger partial charge in [-0.25, -0.2) is 0 Å². The molecule has 1 aromatic rings. The van der Waals surface area contributed by atoms with Gasteiger partial charge in [0.25, 0.3) is 0 Å². The molecule has 0 saturated heterocycles. The number of nitrogens with one attached hydrogen (secondary N) is 1. The van der Waals surface area contributed by atoms with Crippen LogP contribution in [0.1, 0.15) is 18.9 Å². The van der Waals surface area contributed by atoms with E-state index in [2.05, 4.69) is 10.3 Å². The monoisotopic (exact) mass is 263 g/mol. The highest BCUT2D eigenvalue weighted by Gasteiger charge is 2.30. The average Bonchev–Trinajstić information content (AvgIpc) is 2.14. The maximum atomic E-state index is 12.2. The summed E-state index contributed by atoms with van der Waals surface area (Å²) in [6.07, 6.45) is -2.26. The van der Waals surface area contributed by atoms with E-state index < -0.39 is 18.6 Å². The van der Waals surface area contributed by atoms with Crippen molar-refractivity contribution in [1.29, 1.82) is 0 Å². The third-order valence-corrected chi connectivity index (χ3v) is 2.25. The van der Waals surface area contributed by atoms with E-state index in [1.165, 1.54) is 19.3 Å². The Labute approximate surface area is 102 Å². The van der Waals surface area contributed by atoms with Gasteiger partial charge in [-0.05, 0) is 13.0 Å². The third-order valence-electron chi connectivity index (χ3n) is 2.03. The van der Waals surface area contributed by atoms with E-state index in [0.717, 1.165) is 0 Å². The standard InChI is InChI=1S/C10H12F3N3S/c1-6(4-10(11,12)13)16-8-5-15-3-2-7(8)9(14)17/h2-3,5-6,16H,4H2,1H3,(H2,14,17). The molecule has 0 bridgehead atoms. The number of anilines is 1. The number of halogens is 3. The lowest BCUT2D eigenvalue weighted by atomic mass is 10.2. The topological polar surface area (TPSA) is 50.9 Å². The molecule has 0 aliphatic rings. The van der Waals surface area contributed by atoms with Crippen LogP contribution < -0.4 is 11.1 Å². The summed E-state index contributed by atoms with van der Waals surface area (Å²) in [7, 11) is 0. The first kappa shape index (κ1) is 13.7. The zero-order chi connectivity index (χ0) is 13.1. The van der Waals surface area contributed by atoms with Crippen molar-refractivity contribution < 1.29 is 13.2 Å². The molecule has 0 aliphatic heterocycles. The van der Waals surface area contributed by atoms with Crippen molar-refractivity contribution in [2.75, 3.05) is 5.32 Å². The van der Waals surface area contributed by atoms with Crippen LogP contribution in [0.5, 0.6) is 0 Å². The Hall–Kier alpha value is -1.37. The highest BCUT2D eigenvalue weighted by atomic mass is 32.1. The summed E-state index contributed by atoms with van der Waals surface area (Å²) in [5.41, 5.74) is 6.36. The smallest absolute Gasteiger partial charge is 0.389 e. The molecule has 7 heteroatoms. The van der Waals surface area contributed by atoms with Crippen molar-refractivity contribution in [3.63, 3.8) is 0 Å². The van der Waals surface area contributed by atoms with E-state index in [1.807, 2.05) is 0 Å². The first-order chi connectivity index (χ1) is 7.79. The van der Waals surface area contributed by atoms with Gasteiger partial charge in [0.2, 0.25) is 0 Å². The Kier molecular flexibility index (Phi) is 4.28. The summed E-state index contributed by atoms with van der Waals surface area (Å²) in [5.74, 6) is 0. The number of alkyl halides is 3. The number of pyridine rings is 1. The number of nitrogens with zero attached hydrogens (tertiary/aromatic N) is 1. The maximum absolute atomic E-state index is 12.2. The highest BCUT2D eigenvalue weighted by molar-refractivity contribution is 7.80. The molecule has 0 aliphatic carbocycles. The van der Waals surface area contributed by atoms with E-state index in [1.54, 1.807) is 6.07 Å². The molecule has 1 atom stereocenters. The molecule has 0 fully saturated rings. The Morgan fingerprint density at radius 3 is 2.76 bits per heavy atom. The van der Waals surface area contributed by atoms with Crippen molar-refractivity contribution in [2.45, 2.75) is 25.6 Å². The summed E-state index contributed by atoms with van der Waals surface area (Å²) < 4.78 is 36.5. The van der Waals surface area contributed by atoms with Gasteiger partial charge in [0, 0.05) is 17.8 Å². The van der Waals surface area contributed by atoms with Crippen molar-refractivity contribution in [2.24, 2.45) is 5.73 Å². The SMILES string of the molecule is CC(CC(F)(F)F)Nc1cnccc1C(N)=S. The van der Waals surface area contributed by atoms with Gasteiger partial charge in [0.15, 0.2) is 0 Å². The van der Waals surface area contributed by atoms with E-state index in [0.29, 0.717) is 11.3 Å². The van der Waals surface area contributed by atoms with Crippen LogP contribution in [0, 0.1) is 0 Å². The summed E-state index contributed by atoms with van der Waals surface area (Å²) in [5, 5.41) is 2.70. The second kappa shape index (κ2) is 5.31. The van der Waals surface area contributed by atoms with Gasteiger partial charge in [-0.3, -0.25) is 4.98 Å². The maximum Gasteiger partial charge on any atom is 0.391 e. The molecular weight excluding hydrogens is 251 g/mol. The van der Waals surface area contributed by atoms with Gasteiger partial charge in [-0.15, -0.1) is 0 Å². The second-order valence-corrected chi connectivity index (χ2v) is 4.09. The van der Waals surface area contributed by atoms with Crippen molar-refractivity contribution >= 4 is 22.9 Å². The molecule has 3 N–H and O–H groups in total. The van der Waals surface area contributed by atoms with Crippen LogP contribution in [0.2, 0.25) is 0 Å². The van der Waals surface area contributed by atoms with Gasteiger partial charge < -0.3 is 11.1 Å². The second-order valence-electron chi connectivity index (χ2n) is 3.65. The average molecular weight is 263 g/mol. The summed E-state index contributed by atoms with van der Waals surface area (Å²) >= 11 is 4.80. The molecule has 1 aromatic heterocycles. The molecular formula is C10H12F3N3S. The van der Waals surface area contributed by atoms with Gasteiger partial charge in [-0.1, -0.05) is 12.2 Å². The molecule has 0 saturated carbocycles. The molecule has 1 rings (SSSR count). The van der Waals surface area contributed by atoms with Gasteiger partial charge in [0.05, 0.1) is 18.3 Å². The quantitative estimate of drug-likeness (QED) is 0.819. The largest absolute Gasteiger partial charge is 0.391 e. The van der Waals surface area contributed by atoms with Gasteiger partial charge in [-0.2, -0.15) is 13.2 Å². The lowest BCUT2D eigenvalue weighted by molar-refractivity contribution is -0.136. The Morgan fingerprint density at radius 2 is 2.24 bits per heavy atom. The highest BCUT2D eigenvalue weighted by Crippen LogP contribution is 2.24. The molecule has 3 nitrogen and oxygen atoms in total. The Balaban J connectivity index is 2.78. The zero-order valence-corrected chi connectivity index (χ0v) is 9.90. The Bertz CT molecular complexity index is 406. The normalized spacial score (nSPS) is 13.2. The molecule has 0 radical (unpaired) electrons. The minimum Gasteiger partial charge on any atom is -0.389 e. The minimum absolute atomic E-state index is 0.120. The fraction of sp³-hybridized carbons (Fsp3) is 0.400. The number of hydrogen-bond donors (Lipinski definition) is 2. The molecule has 0 aromatic carbocycles. The number of thiocarbonyl (C=S) groups is 1. The van der Waals surface area contributed by atoms with Crippen LogP contribution >= 0.6 is 12.2 Å². The molecule has 17 heavy (non-hydrogen) atoms. The number of hydrogen-bond acceptors (Lipinski definition) is 3. The lowest BCUT2D eigenvalue weighted by Gasteiger charge is -2.18. The van der Waals surface area contributed by atoms with Gasteiger partial charge in [0.1, 0.15) is 4.99 Å². The minimum atomic E-state index is -4.21. The van der Waals surface area contributed by atoms with Crippen LogP contribution in [-0.2, 0) is 0 Å². The van der Waals surface area contributed by atoms with Crippen LogP contribution in [0.3, 0.4) is 0 Å². The van der Waals surface area contributed by atoms with Crippen LogP contribution in [0.15, 0.2) is 18.5 Å². The van der Waals surface area contributed by atoms with Crippen molar-refractivity contribution in [3.05, 3.63) is 24.0 Å². The zero-order valence-electron chi connectivity index (χ0n) is 9.08. The summed E-state index contributed by atoms with van der Waals surface area (Å²) in [4.78, 5) is 3.94. The van der Waals surface area contributed by atoms with E-state index >= 15 is 0 Å². The summed E-state index contributed by atoms with van der Waals surface area (Å²) in [6.45, 7) is 1.43. The molecule has 1 unspecified atom stereocenters. The lowest BCUT2D eigenvalue weighted by Crippen LogP contribution is -2.25. The molecule has 0 amide bonds. The summed E-state index contributed by atoms with van der Waals surface area (Å²) in [6, 6.07) is 0.789. The fourth-order valence-corrected chi connectivity index (χ4v) is 1.57. The molecule has 0 spiro atoms.